The third-order valence-electron chi connectivity index (χ3n) is 3.86. The molecule has 3 aromatic rings. The van der Waals surface area contributed by atoms with Gasteiger partial charge in [-0.1, -0.05) is 12.1 Å². The summed E-state index contributed by atoms with van der Waals surface area (Å²) >= 11 is 1.43. The minimum absolute atomic E-state index is 0.0258. The van der Waals surface area contributed by atoms with Gasteiger partial charge in [-0.3, -0.25) is 4.79 Å². The molecule has 2 aromatic heterocycles. The Balaban J connectivity index is 1.79. The molecule has 136 valence electrons. The molecule has 1 amide bonds. The number of carbonyl (C=O) groups is 1. The molecule has 2 heterocycles. The van der Waals surface area contributed by atoms with Crippen LogP contribution < -0.4 is 10.5 Å². The number of aryl methyl sites for hydroxylation is 1. The quantitative estimate of drug-likeness (QED) is 0.663. The zero-order chi connectivity index (χ0) is 18.9. The van der Waals surface area contributed by atoms with Crippen molar-refractivity contribution in [2.24, 2.45) is 5.14 Å². The standard InChI is InChI=1S/C15H16N6O3S2/c1-9-10(2)25-15(21-8-18-19-20-21)13(9)14(22)17-7-11-3-5-12(6-4-11)26(16,23)24/h3-6,8H,7H2,1-2H3,(H,17,22)(H2,16,23,24). The Morgan fingerprint density at radius 1 is 1.27 bits per heavy atom. The van der Waals surface area contributed by atoms with Gasteiger partial charge in [-0.15, -0.1) is 16.4 Å². The molecule has 0 aliphatic carbocycles. The lowest BCUT2D eigenvalue weighted by atomic mass is 10.1. The van der Waals surface area contributed by atoms with Crippen LogP contribution in [0.2, 0.25) is 0 Å². The van der Waals surface area contributed by atoms with Crippen molar-refractivity contribution >= 4 is 27.3 Å². The van der Waals surface area contributed by atoms with Crippen LogP contribution in [0.5, 0.6) is 0 Å². The average Bonchev–Trinajstić information content (AvgIpc) is 3.21. The molecule has 0 saturated heterocycles. The third-order valence-corrected chi connectivity index (χ3v) is 5.98. The number of tetrazole rings is 1. The third kappa shape index (κ3) is 3.64. The Morgan fingerprint density at radius 3 is 2.54 bits per heavy atom. The molecule has 0 atom stereocenters. The number of thiophene rings is 1. The van der Waals surface area contributed by atoms with Crippen LogP contribution in [-0.4, -0.2) is 34.5 Å². The summed E-state index contributed by atoms with van der Waals surface area (Å²) < 4.78 is 24.0. The Hall–Kier alpha value is -2.63. The van der Waals surface area contributed by atoms with Crippen molar-refractivity contribution in [3.63, 3.8) is 0 Å². The molecule has 1 aromatic carbocycles. The van der Waals surface area contributed by atoms with Crippen LogP contribution in [0.25, 0.3) is 5.00 Å². The molecule has 0 radical (unpaired) electrons. The lowest BCUT2D eigenvalue weighted by molar-refractivity contribution is 0.0950. The van der Waals surface area contributed by atoms with Gasteiger partial charge in [0.15, 0.2) is 0 Å². The van der Waals surface area contributed by atoms with Gasteiger partial charge in [0.05, 0.1) is 10.5 Å². The Bertz CT molecular complexity index is 1040. The maximum absolute atomic E-state index is 12.7. The number of rotatable bonds is 5. The first kappa shape index (κ1) is 18.2. The molecule has 0 bridgehead atoms. The van der Waals surface area contributed by atoms with Crippen molar-refractivity contribution in [3.8, 4) is 5.00 Å². The second kappa shape index (κ2) is 6.94. The van der Waals surface area contributed by atoms with E-state index in [0.29, 0.717) is 10.6 Å². The Labute approximate surface area is 153 Å². The number of aromatic nitrogens is 4. The summed E-state index contributed by atoms with van der Waals surface area (Å²) in [5, 5.41) is 19.6. The number of primary sulfonamides is 1. The molecule has 26 heavy (non-hydrogen) atoms. The number of benzene rings is 1. The number of amides is 1. The molecular weight excluding hydrogens is 376 g/mol. The molecule has 3 N–H and O–H groups in total. The highest BCUT2D eigenvalue weighted by atomic mass is 32.2. The zero-order valence-corrected chi connectivity index (χ0v) is 15.6. The van der Waals surface area contributed by atoms with Gasteiger partial charge in [0.25, 0.3) is 5.91 Å². The van der Waals surface area contributed by atoms with Crippen LogP contribution in [0.4, 0.5) is 0 Å². The number of hydrogen-bond donors (Lipinski definition) is 2. The van der Waals surface area contributed by atoms with E-state index in [1.54, 1.807) is 12.1 Å². The average molecular weight is 392 g/mol. The lowest BCUT2D eigenvalue weighted by Gasteiger charge is -2.08. The molecule has 0 aliphatic heterocycles. The second-order valence-electron chi connectivity index (χ2n) is 5.59. The molecule has 0 spiro atoms. The fraction of sp³-hybridized carbons (Fsp3) is 0.200. The van der Waals surface area contributed by atoms with Crippen LogP contribution in [0.1, 0.15) is 26.4 Å². The van der Waals surface area contributed by atoms with E-state index < -0.39 is 10.0 Å². The highest BCUT2D eigenvalue weighted by molar-refractivity contribution is 7.89. The number of sulfonamides is 1. The van der Waals surface area contributed by atoms with Gasteiger partial charge in [-0.2, -0.15) is 4.68 Å². The molecule has 11 heteroatoms. The van der Waals surface area contributed by atoms with Gasteiger partial charge >= 0.3 is 0 Å². The topological polar surface area (TPSA) is 133 Å². The van der Waals surface area contributed by atoms with Crippen molar-refractivity contribution in [1.82, 2.24) is 25.5 Å². The van der Waals surface area contributed by atoms with Crippen molar-refractivity contribution < 1.29 is 13.2 Å². The van der Waals surface area contributed by atoms with Gasteiger partial charge in [0.2, 0.25) is 10.0 Å². The highest BCUT2D eigenvalue weighted by Gasteiger charge is 2.21. The van der Waals surface area contributed by atoms with E-state index in [0.717, 1.165) is 16.0 Å². The van der Waals surface area contributed by atoms with Crippen LogP contribution in [0.15, 0.2) is 35.5 Å². The van der Waals surface area contributed by atoms with Gasteiger partial charge in [-0.05, 0) is 47.5 Å². The molecular formula is C15H16N6O3S2. The molecule has 3 rings (SSSR count). The van der Waals surface area contributed by atoms with E-state index in [1.807, 2.05) is 13.8 Å². The van der Waals surface area contributed by atoms with Gasteiger partial charge in [0, 0.05) is 11.4 Å². The van der Waals surface area contributed by atoms with Crippen molar-refractivity contribution in [1.29, 1.82) is 0 Å². The predicted octanol–water partition coefficient (Wildman–Crippen LogP) is 0.918. The van der Waals surface area contributed by atoms with E-state index in [1.165, 1.54) is 34.5 Å². The number of nitrogens with two attached hydrogens (primary N) is 1. The predicted molar refractivity (Wildman–Crippen MR) is 95.5 cm³/mol. The molecule has 0 unspecified atom stereocenters. The van der Waals surface area contributed by atoms with Gasteiger partial charge in [-0.25, -0.2) is 13.6 Å². The van der Waals surface area contributed by atoms with Gasteiger partial charge < -0.3 is 5.32 Å². The summed E-state index contributed by atoms with van der Waals surface area (Å²) in [6.45, 7) is 4.04. The maximum atomic E-state index is 12.7. The largest absolute Gasteiger partial charge is 0.348 e. The normalized spacial score (nSPS) is 11.5. The fourth-order valence-corrected chi connectivity index (χ4v) is 3.95. The van der Waals surface area contributed by atoms with E-state index >= 15 is 0 Å². The van der Waals surface area contributed by atoms with Gasteiger partial charge in [0.1, 0.15) is 11.3 Å². The number of nitrogens with zero attached hydrogens (tertiary/aromatic N) is 4. The van der Waals surface area contributed by atoms with E-state index in [4.69, 9.17) is 5.14 Å². The number of nitrogens with one attached hydrogen (secondary N) is 1. The first-order chi connectivity index (χ1) is 12.3. The second-order valence-corrected chi connectivity index (χ2v) is 8.35. The molecule has 0 aliphatic rings. The summed E-state index contributed by atoms with van der Waals surface area (Å²) in [7, 11) is -3.73. The Kier molecular flexibility index (Phi) is 4.85. The number of carbonyl (C=O) groups excluding carboxylic acids is 1. The zero-order valence-electron chi connectivity index (χ0n) is 14.0. The summed E-state index contributed by atoms with van der Waals surface area (Å²) in [4.78, 5) is 13.7. The molecule has 0 saturated carbocycles. The fourth-order valence-electron chi connectivity index (χ4n) is 2.36. The summed E-state index contributed by atoms with van der Waals surface area (Å²) in [5.74, 6) is -0.257. The van der Waals surface area contributed by atoms with Crippen molar-refractivity contribution in [2.75, 3.05) is 0 Å². The molecule has 9 nitrogen and oxygen atoms in total. The van der Waals surface area contributed by atoms with E-state index in [2.05, 4.69) is 20.8 Å². The smallest absolute Gasteiger partial charge is 0.254 e. The first-order valence-electron chi connectivity index (χ1n) is 7.50. The monoisotopic (exact) mass is 392 g/mol. The summed E-state index contributed by atoms with van der Waals surface area (Å²) in [6, 6.07) is 6.02. The van der Waals surface area contributed by atoms with Crippen LogP contribution >= 0.6 is 11.3 Å². The van der Waals surface area contributed by atoms with Crippen LogP contribution in [-0.2, 0) is 16.6 Å². The van der Waals surface area contributed by atoms with E-state index in [9.17, 15) is 13.2 Å². The maximum Gasteiger partial charge on any atom is 0.254 e. The van der Waals surface area contributed by atoms with Crippen molar-refractivity contribution in [2.45, 2.75) is 25.3 Å². The van der Waals surface area contributed by atoms with Crippen LogP contribution in [0, 0.1) is 13.8 Å². The summed E-state index contributed by atoms with van der Waals surface area (Å²) in [6.07, 6.45) is 1.44. The SMILES string of the molecule is Cc1sc(-n2cnnn2)c(C(=O)NCc2ccc(S(N)(=O)=O)cc2)c1C. The first-order valence-corrected chi connectivity index (χ1v) is 9.87. The summed E-state index contributed by atoms with van der Waals surface area (Å²) in [5.41, 5.74) is 2.13. The molecule has 0 fully saturated rings. The Morgan fingerprint density at radius 2 is 1.96 bits per heavy atom. The lowest BCUT2D eigenvalue weighted by Crippen LogP contribution is -2.24. The highest BCUT2D eigenvalue weighted by Crippen LogP contribution is 2.30. The number of hydrogen-bond acceptors (Lipinski definition) is 7. The minimum Gasteiger partial charge on any atom is -0.348 e. The minimum atomic E-state index is -3.73. The van der Waals surface area contributed by atoms with Crippen LogP contribution in [0.3, 0.4) is 0 Å². The van der Waals surface area contributed by atoms with E-state index in [-0.39, 0.29) is 17.3 Å². The van der Waals surface area contributed by atoms with Crippen molar-refractivity contribution in [3.05, 3.63) is 52.2 Å².